The number of likely N-dealkylation sites (tertiary alicyclic amines) is 1. The van der Waals surface area contributed by atoms with Gasteiger partial charge in [-0.1, -0.05) is 16.7 Å². The molecule has 1 aliphatic carbocycles. The van der Waals surface area contributed by atoms with Crippen molar-refractivity contribution in [1.82, 2.24) is 20.1 Å². The van der Waals surface area contributed by atoms with Gasteiger partial charge in [0, 0.05) is 13.1 Å². The van der Waals surface area contributed by atoms with Gasteiger partial charge in [-0.05, 0) is 50.2 Å². The molecule has 1 aliphatic heterocycles. The van der Waals surface area contributed by atoms with Crippen LogP contribution >= 0.6 is 11.6 Å². The SMILES string of the molecule is C[C@H](Nc1nnc(-c2ccc(Cl)[nH]c2=O)o1)C(=O)N1CCC2(CC1)CC2. The highest BCUT2D eigenvalue weighted by molar-refractivity contribution is 6.29. The molecule has 8 nitrogen and oxygen atoms in total. The number of carbonyl (C=O) groups excluding carboxylic acids is 1. The third kappa shape index (κ3) is 3.33. The number of nitrogens with one attached hydrogen (secondary N) is 2. The average molecular weight is 378 g/mol. The molecule has 9 heteroatoms. The fourth-order valence-corrected chi connectivity index (χ4v) is 3.56. The van der Waals surface area contributed by atoms with Crippen molar-refractivity contribution < 1.29 is 9.21 Å². The van der Waals surface area contributed by atoms with E-state index in [9.17, 15) is 9.59 Å². The molecule has 2 N–H and O–H groups in total. The van der Waals surface area contributed by atoms with Crippen molar-refractivity contribution in [2.45, 2.75) is 38.6 Å². The number of hydrogen-bond donors (Lipinski definition) is 2. The number of nitrogens with zero attached hydrogens (tertiary/aromatic N) is 3. The zero-order valence-corrected chi connectivity index (χ0v) is 15.2. The van der Waals surface area contributed by atoms with Crippen LogP contribution < -0.4 is 10.9 Å². The molecular weight excluding hydrogens is 358 g/mol. The lowest BCUT2D eigenvalue weighted by Gasteiger charge is -2.33. The molecule has 0 radical (unpaired) electrons. The van der Waals surface area contributed by atoms with Crippen LogP contribution in [0.2, 0.25) is 5.15 Å². The molecule has 2 fully saturated rings. The number of piperidine rings is 1. The van der Waals surface area contributed by atoms with Gasteiger partial charge in [-0.15, -0.1) is 5.10 Å². The molecule has 1 saturated heterocycles. The van der Waals surface area contributed by atoms with Crippen LogP contribution in [0.1, 0.15) is 32.6 Å². The van der Waals surface area contributed by atoms with Crippen molar-refractivity contribution in [2.75, 3.05) is 18.4 Å². The summed E-state index contributed by atoms with van der Waals surface area (Å²) >= 11 is 5.73. The second kappa shape index (κ2) is 6.42. The van der Waals surface area contributed by atoms with Crippen LogP contribution in [0.15, 0.2) is 21.3 Å². The molecule has 1 saturated carbocycles. The van der Waals surface area contributed by atoms with E-state index < -0.39 is 11.6 Å². The number of aromatic amines is 1. The van der Waals surface area contributed by atoms with Gasteiger partial charge >= 0.3 is 6.01 Å². The highest BCUT2D eigenvalue weighted by Gasteiger charge is 2.45. The second-order valence-corrected chi connectivity index (χ2v) is 7.56. The summed E-state index contributed by atoms with van der Waals surface area (Å²) in [5.74, 6) is 0.0864. The van der Waals surface area contributed by atoms with Crippen molar-refractivity contribution in [3.8, 4) is 11.5 Å². The van der Waals surface area contributed by atoms with Crippen molar-refractivity contribution in [3.05, 3.63) is 27.6 Å². The normalized spacial score (nSPS) is 19.4. The van der Waals surface area contributed by atoms with Gasteiger partial charge in [0.2, 0.25) is 5.91 Å². The van der Waals surface area contributed by atoms with Crippen molar-refractivity contribution in [3.63, 3.8) is 0 Å². The molecule has 2 aromatic heterocycles. The Bertz CT molecular complexity index is 879. The quantitative estimate of drug-likeness (QED) is 0.792. The van der Waals surface area contributed by atoms with Gasteiger partial charge in [-0.2, -0.15) is 0 Å². The number of anilines is 1. The molecule has 0 unspecified atom stereocenters. The molecule has 3 heterocycles. The van der Waals surface area contributed by atoms with E-state index in [-0.39, 0.29) is 28.5 Å². The van der Waals surface area contributed by atoms with Crippen LogP contribution in [0, 0.1) is 5.41 Å². The van der Waals surface area contributed by atoms with Gasteiger partial charge in [-0.3, -0.25) is 9.59 Å². The first kappa shape index (κ1) is 17.1. The van der Waals surface area contributed by atoms with E-state index in [1.54, 1.807) is 6.92 Å². The summed E-state index contributed by atoms with van der Waals surface area (Å²) in [6.45, 7) is 3.38. The largest absolute Gasteiger partial charge is 0.403 e. The smallest absolute Gasteiger partial charge is 0.316 e. The lowest BCUT2D eigenvalue weighted by molar-refractivity contribution is -0.133. The Balaban J connectivity index is 1.40. The summed E-state index contributed by atoms with van der Waals surface area (Å²) in [6, 6.07) is 2.66. The first-order chi connectivity index (χ1) is 12.5. The molecule has 1 spiro atoms. The molecule has 4 rings (SSSR count). The summed E-state index contributed by atoms with van der Waals surface area (Å²) in [7, 11) is 0. The van der Waals surface area contributed by atoms with Gasteiger partial charge in [-0.25, -0.2) is 0 Å². The lowest BCUT2D eigenvalue weighted by Crippen LogP contribution is -2.45. The number of amides is 1. The van der Waals surface area contributed by atoms with Crippen LogP contribution in [0.3, 0.4) is 0 Å². The maximum absolute atomic E-state index is 12.6. The van der Waals surface area contributed by atoms with E-state index in [1.807, 2.05) is 4.90 Å². The Labute approximate surface area is 154 Å². The van der Waals surface area contributed by atoms with E-state index in [2.05, 4.69) is 20.5 Å². The Morgan fingerprint density at radius 2 is 2.04 bits per heavy atom. The molecule has 0 aromatic carbocycles. The second-order valence-electron chi connectivity index (χ2n) is 7.15. The minimum Gasteiger partial charge on any atom is -0.403 e. The fourth-order valence-electron chi connectivity index (χ4n) is 3.41. The van der Waals surface area contributed by atoms with E-state index in [4.69, 9.17) is 16.0 Å². The number of hydrogen-bond acceptors (Lipinski definition) is 6. The Morgan fingerprint density at radius 3 is 2.69 bits per heavy atom. The minimum atomic E-state index is -0.486. The molecule has 138 valence electrons. The number of rotatable bonds is 4. The van der Waals surface area contributed by atoms with Crippen LogP contribution in [-0.4, -0.2) is 45.1 Å². The number of carbonyl (C=O) groups is 1. The molecule has 0 bridgehead atoms. The van der Waals surface area contributed by atoms with Crippen LogP contribution in [0.25, 0.3) is 11.5 Å². The standard InChI is InChI=1S/C17H20ClN5O3/c1-10(15(25)23-8-6-17(4-5-17)7-9-23)19-16-22-21-14(26-16)11-2-3-12(18)20-13(11)24/h2-3,10H,4-9H2,1H3,(H,19,22)(H,20,24)/t10-/m0/s1. The number of halogens is 1. The molecule has 2 aromatic rings. The zero-order chi connectivity index (χ0) is 18.3. The molecule has 2 aliphatic rings. The first-order valence-corrected chi connectivity index (χ1v) is 9.12. The van der Waals surface area contributed by atoms with Crippen molar-refractivity contribution in [2.24, 2.45) is 5.41 Å². The van der Waals surface area contributed by atoms with Gasteiger partial charge in [0.25, 0.3) is 11.4 Å². The Kier molecular flexibility index (Phi) is 4.22. The van der Waals surface area contributed by atoms with Gasteiger partial charge in [0.05, 0.1) is 0 Å². The molecule has 26 heavy (non-hydrogen) atoms. The van der Waals surface area contributed by atoms with Crippen LogP contribution in [-0.2, 0) is 4.79 Å². The van der Waals surface area contributed by atoms with Gasteiger partial charge in [0.1, 0.15) is 16.8 Å². The summed E-state index contributed by atoms with van der Waals surface area (Å²) in [5, 5.41) is 10.9. The first-order valence-electron chi connectivity index (χ1n) is 8.74. The number of pyridine rings is 1. The summed E-state index contributed by atoms with van der Waals surface area (Å²) < 4.78 is 5.47. The van der Waals surface area contributed by atoms with E-state index >= 15 is 0 Å². The van der Waals surface area contributed by atoms with Crippen LogP contribution in [0.4, 0.5) is 6.01 Å². The highest BCUT2D eigenvalue weighted by atomic mass is 35.5. The van der Waals surface area contributed by atoms with Crippen LogP contribution in [0.5, 0.6) is 0 Å². The molecule has 1 atom stereocenters. The summed E-state index contributed by atoms with van der Waals surface area (Å²) in [6.07, 6.45) is 4.79. The summed E-state index contributed by atoms with van der Waals surface area (Å²) in [5.41, 5.74) is 0.333. The van der Waals surface area contributed by atoms with Gasteiger partial charge in [0.15, 0.2) is 0 Å². The highest BCUT2D eigenvalue weighted by Crippen LogP contribution is 2.53. The van der Waals surface area contributed by atoms with Crippen molar-refractivity contribution in [1.29, 1.82) is 0 Å². The predicted molar refractivity (Wildman–Crippen MR) is 95.9 cm³/mol. The maximum atomic E-state index is 12.6. The van der Waals surface area contributed by atoms with Crippen molar-refractivity contribution >= 4 is 23.5 Å². The minimum absolute atomic E-state index is 0.0181. The van der Waals surface area contributed by atoms with E-state index in [0.717, 1.165) is 25.9 Å². The molecule has 1 amide bonds. The molecular formula is C17H20ClN5O3. The van der Waals surface area contributed by atoms with E-state index in [1.165, 1.54) is 25.0 Å². The predicted octanol–water partition coefficient (Wildman–Crippen LogP) is 2.28. The Morgan fingerprint density at radius 1 is 1.31 bits per heavy atom. The summed E-state index contributed by atoms with van der Waals surface area (Å²) in [4.78, 5) is 28.9. The zero-order valence-electron chi connectivity index (χ0n) is 14.4. The van der Waals surface area contributed by atoms with Gasteiger partial charge < -0.3 is 19.6 Å². The topological polar surface area (TPSA) is 104 Å². The van der Waals surface area contributed by atoms with E-state index in [0.29, 0.717) is 5.41 Å². The third-order valence-electron chi connectivity index (χ3n) is 5.33. The lowest BCUT2D eigenvalue weighted by atomic mass is 9.93. The Hall–Kier alpha value is -2.35. The number of H-pyrrole nitrogens is 1. The number of aromatic nitrogens is 3. The average Bonchev–Trinajstić information content (AvgIpc) is 3.21. The fraction of sp³-hybridized carbons (Fsp3) is 0.529. The maximum Gasteiger partial charge on any atom is 0.316 e. The third-order valence-corrected chi connectivity index (χ3v) is 5.55. The monoisotopic (exact) mass is 377 g/mol.